The summed E-state index contributed by atoms with van der Waals surface area (Å²) in [5.74, 6) is 0.842. The van der Waals surface area contributed by atoms with Crippen molar-refractivity contribution in [2.75, 3.05) is 5.75 Å². The summed E-state index contributed by atoms with van der Waals surface area (Å²) < 4.78 is 5.66. The van der Waals surface area contributed by atoms with Gasteiger partial charge in [-0.25, -0.2) is 0 Å². The molecule has 1 aliphatic rings. The Bertz CT molecular complexity index is 673. The molecule has 0 radical (unpaired) electrons. The number of thioether (sulfide) groups is 1. The van der Waals surface area contributed by atoms with E-state index in [2.05, 4.69) is 21.6 Å². The van der Waals surface area contributed by atoms with Gasteiger partial charge >= 0.3 is 0 Å². The second-order valence-electron chi connectivity index (χ2n) is 6.09. The molecular formula is C17H21N3O2S. The Morgan fingerprint density at radius 1 is 1.22 bits per heavy atom. The second kappa shape index (κ2) is 7.17. The van der Waals surface area contributed by atoms with Gasteiger partial charge in [0.05, 0.1) is 5.75 Å². The number of hydrogen-bond acceptors (Lipinski definition) is 5. The Hall–Kier alpha value is -1.82. The molecule has 5 nitrogen and oxygen atoms in total. The van der Waals surface area contributed by atoms with Gasteiger partial charge in [-0.3, -0.25) is 4.79 Å². The molecular weight excluding hydrogens is 310 g/mol. The van der Waals surface area contributed by atoms with Crippen molar-refractivity contribution in [3.8, 4) is 11.5 Å². The number of hydrogen-bond donors (Lipinski definition) is 1. The van der Waals surface area contributed by atoms with E-state index in [9.17, 15) is 4.79 Å². The van der Waals surface area contributed by atoms with Crippen LogP contribution in [-0.2, 0) is 4.79 Å². The minimum Gasteiger partial charge on any atom is -0.411 e. The number of amides is 1. The van der Waals surface area contributed by atoms with E-state index in [1.807, 2.05) is 26.0 Å². The molecule has 1 aromatic carbocycles. The second-order valence-corrected chi connectivity index (χ2v) is 7.01. The maximum absolute atomic E-state index is 11.9. The zero-order valence-electron chi connectivity index (χ0n) is 13.5. The fraction of sp³-hybridized carbons (Fsp3) is 0.471. The molecule has 1 aromatic heterocycles. The summed E-state index contributed by atoms with van der Waals surface area (Å²) in [6.07, 6.45) is 4.60. The summed E-state index contributed by atoms with van der Waals surface area (Å²) >= 11 is 1.28. The van der Waals surface area contributed by atoms with E-state index in [1.165, 1.54) is 24.6 Å². The predicted molar refractivity (Wildman–Crippen MR) is 90.3 cm³/mol. The molecule has 1 fully saturated rings. The molecule has 2 aromatic rings. The van der Waals surface area contributed by atoms with Crippen LogP contribution in [0, 0.1) is 13.8 Å². The molecule has 0 spiro atoms. The van der Waals surface area contributed by atoms with E-state index in [1.54, 1.807) is 0 Å². The van der Waals surface area contributed by atoms with Crippen molar-refractivity contribution in [2.24, 2.45) is 0 Å². The minimum atomic E-state index is 0.0352. The first-order valence-electron chi connectivity index (χ1n) is 7.94. The molecule has 1 N–H and O–H groups in total. The maximum atomic E-state index is 11.9. The maximum Gasteiger partial charge on any atom is 0.277 e. The van der Waals surface area contributed by atoms with Crippen LogP contribution in [0.15, 0.2) is 27.8 Å². The highest BCUT2D eigenvalue weighted by atomic mass is 32.2. The molecule has 0 bridgehead atoms. The van der Waals surface area contributed by atoms with Gasteiger partial charge in [-0.1, -0.05) is 41.8 Å². The van der Waals surface area contributed by atoms with E-state index in [0.29, 0.717) is 22.9 Å². The zero-order valence-corrected chi connectivity index (χ0v) is 14.3. The number of aromatic nitrogens is 2. The van der Waals surface area contributed by atoms with Crippen LogP contribution >= 0.6 is 11.8 Å². The summed E-state index contributed by atoms with van der Waals surface area (Å²) in [5.41, 5.74) is 3.23. The van der Waals surface area contributed by atoms with E-state index in [-0.39, 0.29) is 5.91 Å². The average Bonchev–Trinajstić information content (AvgIpc) is 3.15. The molecule has 0 saturated heterocycles. The van der Waals surface area contributed by atoms with Crippen molar-refractivity contribution in [2.45, 2.75) is 50.8 Å². The molecule has 0 aliphatic heterocycles. The molecule has 1 amide bonds. The number of carbonyl (C=O) groups is 1. The van der Waals surface area contributed by atoms with Crippen LogP contribution in [0.1, 0.15) is 36.8 Å². The lowest BCUT2D eigenvalue weighted by Gasteiger charge is -2.10. The number of rotatable bonds is 5. The van der Waals surface area contributed by atoms with Gasteiger partial charge in [0.2, 0.25) is 11.8 Å². The lowest BCUT2D eigenvalue weighted by atomic mass is 10.1. The van der Waals surface area contributed by atoms with Gasteiger partial charge in [0.25, 0.3) is 5.22 Å². The monoisotopic (exact) mass is 331 g/mol. The summed E-state index contributed by atoms with van der Waals surface area (Å²) in [7, 11) is 0. The fourth-order valence-electron chi connectivity index (χ4n) is 2.95. The summed E-state index contributed by atoms with van der Waals surface area (Å²) in [6.45, 7) is 4.08. The van der Waals surface area contributed by atoms with Crippen molar-refractivity contribution >= 4 is 17.7 Å². The highest BCUT2D eigenvalue weighted by molar-refractivity contribution is 7.99. The van der Waals surface area contributed by atoms with Crippen LogP contribution in [0.3, 0.4) is 0 Å². The molecule has 0 atom stereocenters. The van der Waals surface area contributed by atoms with Gasteiger partial charge < -0.3 is 9.73 Å². The quantitative estimate of drug-likeness (QED) is 0.849. The molecule has 1 aliphatic carbocycles. The molecule has 0 unspecified atom stereocenters. The SMILES string of the molecule is Cc1cc(C)cc(-c2nnc(SCC(=O)NC3CCCC3)o2)c1. The van der Waals surface area contributed by atoms with Crippen LogP contribution in [0.25, 0.3) is 11.5 Å². The molecule has 1 heterocycles. The first-order valence-corrected chi connectivity index (χ1v) is 8.93. The van der Waals surface area contributed by atoms with Gasteiger partial charge in [0, 0.05) is 11.6 Å². The van der Waals surface area contributed by atoms with Crippen LogP contribution in [0.2, 0.25) is 0 Å². The number of carbonyl (C=O) groups excluding carboxylic acids is 1. The number of benzene rings is 1. The minimum absolute atomic E-state index is 0.0352. The Morgan fingerprint density at radius 2 is 1.91 bits per heavy atom. The zero-order chi connectivity index (χ0) is 16.2. The molecule has 3 rings (SSSR count). The molecule has 1 saturated carbocycles. The normalized spacial score (nSPS) is 15.0. The predicted octanol–water partition coefficient (Wildman–Crippen LogP) is 3.50. The van der Waals surface area contributed by atoms with Gasteiger partial charge in [0.15, 0.2) is 0 Å². The van der Waals surface area contributed by atoms with Gasteiger partial charge in [-0.2, -0.15) is 0 Å². The summed E-state index contributed by atoms with van der Waals surface area (Å²) in [4.78, 5) is 11.9. The Morgan fingerprint density at radius 3 is 2.61 bits per heavy atom. The summed E-state index contributed by atoms with van der Waals surface area (Å²) in [5, 5.41) is 11.6. The number of nitrogens with zero attached hydrogens (tertiary/aromatic N) is 2. The Labute approximate surface area is 140 Å². The van der Waals surface area contributed by atoms with Crippen molar-refractivity contribution in [1.82, 2.24) is 15.5 Å². The van der Waals surface area contributed by atoms with Crippen LogP contribution in [0.4, 0.5) is 0 Å². The standard InChI is InChI=1S/C17H21N3O2S/c1-11-7-12(2)9-13(8-11)16-19-20-17(22-16)23-10-15(21)18-14-5-3-4-6-14/h7-9,14H,3-6,10H2,1-2H3,(H,18,21). The van der Waals surface area contributed by atoms with E-state index in [4.69, 9.17) is 4.42 Å². The van der Waals surface area contributed by atoms with Crippen LogP contribution < -0.4 is 5.32 Å². The van der Waals surface area contributed by atoms with Gasteiger partial charge in [-0.05, 0) is 38.8 Å². The first-order chi connectivity index (χ1) is 11.1. The van der Waals surface area contributed by atoms with Gasteiger partial charge in [0.1, 0.15) is 0 Å². The third kappa shape index (κ3) is 4.34. The number of nitrogens with one attached hydrogen (secondary N) is 1. The Kier molecular flexibility index (Phi) is 5.00. The van der Waals surface area contributed by atoms with Crippen molar-refractivity contribution in [3.05, 3.63) is 29.3 Å². The number of aryl methyl sites for hydroxylation is 2. The largest absolute Gasteiger partial charge is 0.411 e. The van der Waals surface area contributed by atoms with E-state index in [0.717, 1.165) is 29.5 Å². The molecule has 23 heavy (non-hydrogen) atoms. The average molecular weight is 331 g/mol. The lowest BCUT2D eigenvalue weighted by Crippen LogP contribution is -2.33. The Balaban J connectivity index is 1.57. The topological polar surface area (TPSA) is 68.0 Å². The fourth-order valence-corrected chi connectivity index (χ4v) is 3.52. The van der Waals surface area contributed by atoms with Gasteiger partial charge in [-0.15, -0.1) is 10.2 Å². The first kappa shape index (κ1) is 16.1. The van der Waals surface area contributed by atoms with E-state index < -0.39 is 0 Å². The van der Waals surface area contributed by atoms with Crippen LogP contribution in [-0.4, -0.2) is 27.9 Å². The van der Waals surface area contributed by atoms with Crippen molar-refractivity contribution < 1.29 is 9.21 Å². The third-order valence-corrected chi connectivity index (χ3v) is 4.74. The highest BCUT2D eigenvalue weighted by Crippen LogP contribution is 2.25. The van der Waals surface area contributed by atoms with Crippen molar-refractivity contribution in [3.63, 3.8) is 0 Å². The van der Waals surface area contributed by atoms with Crippen LogP contribution in [0.5, 0.6) is 0 Å². The smallest absolute Gasteiger partial charge is 0.277 e. The van der Waals surface area contributed by atoms with Crippen molar-refractivity contribution in [1.29, 1.82) is 0 Å². The third-order valence-electron chi connectivity index (χ3n) is 3.92. The molecule has 6 heteroatoms. The van der Waals surface area contributed by atoms with E-state index >= 15 is 0 Å². The molecule has 122 valence electrons. The summed E-state index contributed by atoms with van der Waals surface area (Å²) in [6, 6.07) is 6.48. The lowest BCUT2D eigenvalue weighted by molar-refractivity contribution is -0.119. The highest BCUT2D eigenvalue weighted by Gasteiger charge is 2.18.